The minimum absolute atomic E-state index is 0.0217. The van der Waals surface area contributed by atoms with E-state index in [4.69, 9.17) is 5.11 Å². The summed E-state index contributed by atoms with van der Waals surface area (Å²) < 4.78 is 0. The summed E-state index contributed by atoms with van der Waals surface area (Å²) in [6.45, 7) is 2.12. The molecular formula is C18H28O5S. The van der Waals surface area contributed by atoms with Crippen molar-refractivity contribution in [3.05, 3.63) is 28.0 Å². The summed E-state index contributed by atoms with van der Waals surface area (Å²) in [5.41, 5.74) is 0.848. The van der Waals surface area contributed by atoms with E-state index in [1.54, 1.807) is 6.08 Å². The number of rotatable bonds is 12. The van der Waals surface area contributed by atoms with E-state index >= 15 is 0 Å². The van der Waals surface area contributed by atoms with Crippen molar-refractivity contribution in [3.63, 3.8) is 0 Å². The summed E-state index contributed by atoms with van der Waals surface area (Å²) in [7, 11) is 0. The van der Waals surface area contributed by atoms with Crippen LogP contribution in [0.1, 0.15) is 68.4 Å². The SMILES string of the molecule is CCCCCC(O)c1sccc1/C=C/C(O)C(O)CCCC(=O)O. The molecule has 0 saturated heterocycles. The van der Waals surface area contributed by atoms with Gasteiger partial charge in [-0.2, -0.15) is 0 Å². The molecule has 1 aromatic heterocycles. The van der Waals surface area contributed by atoms with Crippen LogP contribution >= 0.6 is 11.3 Å². The molecule has 6 heteroatoms. The van der Waals surface area contributed by atoms with Gasteiger partial charge in [0.15, 0.2) is 0 Å². The summed E-state index contributed by atoms with van der Waals surface area (Å²) in [5, 5.41) is 40.5. The lowest BCUT2D eigenvalue weighted by atomic mass is 10.0. The van der Waals surface area contributed by atoms with Gasteiger partial charge in [-0.1, -0.05) is 38.3 Å². The van der Waals surface area contributed by atoms with Gasteiger partial charge in [-0.05, 0) is 36.3 Å². The summed E-state index contributed by atoms with van der Waals surface area (Å²) >= 11 is 1.48. The van der Waals surface area contributed by atoms with Crippen LogP contribution in [-0.4, -0.2) is 38.6 Å². The second-order valence-corrected chi connectivity index (χ2v) is 6.90. The summed E-state index contributed by atoms with van der Waals surface area (Å²) in [5.74, 6) is -0.910. The maximum atomic E-state index is 10.4. The maximum absolute atomic E-state index is 10.4. The lowest BCUT2D eigenvalue weighted by Crippen LogP contribution is -2.23. The Bertz CT molecular complexity index is 511. The Morgan fingerprint density at radius 1 is 1.21 bits per heavy atom. The number of aliphatic hydroxyl groups is 3. The number of carboxylic acid groups (broad SMARTS) is 1. The minimum atomic E-state index is -1.05. The van der Waals surface area contributed by atoms with E-state index in [9.17, 15) is 20.1 Å². The molecule has 0 aromatic carbocycles. The Balaban J connectivity index is 2.54. The van der Waals surface area contributed by atoms with Crippen molar-refractivity contribution in [3.8, 4) is 0 Å². The average Bonchev–Trinajstić information content (AvgIpc) is 3.00. The fourth-order valence-corrected chi connectivity index (χ4v) is 3.33. The Labute approximate surface area is 147 Å². The van der Waals surface area contributed by atoms with Gasteiger partial charge in [-0.3, -0.25) is 4.79 Å². The molecule has 1 rings (SSSR count). The molecule has 0 amide bonds. The highest BCUT2D eigenvalue weighted by molar-refractivity contribution is 7.10. The van der Waals surface area contributed by atoms with Crippen molar-refractivity contribution in [1.82, 2.24) is 0 Å². The second-order valence-electron chi connectivity index (χ2n) is 5.95. The van der Waals surface area contributed by atoms with Gasteiger partial charge in [0.25, 0.3) is 0 Å². The summed E-state index contributed by atoms with van der Waals surface area (Å²) in [6, 6.07) is 1.88. The topological polar surface area (TPSA) is 98.0 Å². The van der Waals surface area contributed by atoms with Gasteiger partial charge in [0.05, 0.1) is 18.3 Å². The number of unbranched alkanes of at least 4 members (excludes halogenated alkanes) is 2. The van der Waals surface area contributed by atoms with Crippen molar-refractivity contribution in [1.29, 1.82) is 0 Å². The van der Waals surface area contributed by atoms with Crippen LogP contribution in [0, 0.1) is 0 Å². The first-order valence-corrected chi connectivity index (χ1v) is 9.35. The van der Waals surface area contributed by atoms with Gasteiger partial charge in [-0.25, -0.2) is 0 Å². The largest absolute Gasteiger partial charge is 0.481 e. The van der Waals surface area contributed by atoms with Crippen LogP contribution in [0.25, 0.3) is 6.08 Å². The molecule has 1 aromatic rings. The first kappa shape index (κ1) is 20.8. The van der Waals surface area contributed by atoms with Crippen molar-refractivity contribution < 1.29 is 25.2 Å². The first-order valence-electron chi connectivity index (χ1n) is 8.47. The van der Waals surface area contributed by atoms with Crippen LogP contribution in [0.15, 0.2) is 17.5 Å². The molecule has 3 unspecified atom stereocenters. The number of carbonyl (C=O) groups is 1. The molecule has 0 spiro atoms. The fraction of sp³-hybridized carbons (Fsp3) is 0.611. The van der Waals surface area contributed by atoms with Gasteiger partial charge < -0.3 is 20.4 Å². The van der Waals surface area contributed by atoms with Gasteiger partial charge >= 0.3 is 5.97 Å². The number of hydrogen-bond acceptors (Lipinski definition) is 5. The van der Waals surface area contributed by atoms with Crippen LogP contribution in [0.4, 0.5) is 0 Å². The van der Waals surface area contributed by atoms with Gasteiger partial charge in [0.1, 0.15) is 0 Å². The number of aliphatic hydroxyl groups excluding tert-OH is 3. The molecule has 4 N–H and O–H groups in total. The predicted octanol–water partition coefficient (Wildman–Crippen LogP) is 3.35. The zero-order chi connectivity index (χ0) is 17.9. The molecule has 136 valence electrons. The summed E-state index contributed by atoms with van der Waals surface area (Å²) in [6.07, 6.45) is 5.08. The molecule has 0 aliphatic carbocycles. The molecule has 0 saturated carbocycles. The van der Waals surface area contributed by atoms with E-state index in [2.05, 4.69) is 6.92 Å². The van der Waals surface area contributed by atoms with E-state index in [0.717, 1.165) is 36.1 Å². The van der Waals surface area contributed by atoms with E-state index < -0.39 is 24.3 Å². The molecule has 5 nitrogen and oxygen atoms in total. The lowest BCUT2D eigenvalue weighted by Gasteiger charge is -2.14. The molecule has 0 radical (unpaired) electrons. The number of aliphatic carboxylic acids is 1. The highest BCUT2D eigenvalue weighted by atomic mass is 32.1. The summed E-state index contributed by atoms with van der Waals surface area (Å²) in [4.78, 5) is 11.3. The van der Waals surface area contributed by atoms with Crippen LogP contribution in [0.5, 0.6) is 0 Å². The van der Waals surface area contributed by atoms with Crippen LogP contribution in [-0.2, 0) is 4.79 Å². The van der Waals surface area contributed by atoms with Crippen molar-refractivity contribution in [2.45, 2.75) is 70.2 Å². The maximum Gasteiger partial charge on any atom is 0.303 e. The molecule has 0 fully saturated rings. The van der Waals surface area contributed by atoms with Gasteiger partial charge in [-0.15, -0.1) is 11.3 Å². The number of carboxylic acids is 1. The molecule has 3 atom stereocenters. The van der Waals surface area contributed by atoms with Crippen molar-refractivity contribution in [2.75, 3.05) is 0 Å². The third-order valence-corrected chi connectivity index (χ3v) is 4.90. The van der Waals surface area contributed by atoms with Crippen LogP contribution < -0.4 is 0 Å². The van der Waals surface area contributed by atoms with E-state index in [1.807, 2.05) is 11.4 Å². The minimum Gasteiger partial charge on any atom is -0.481 e. The highest BCUT2D eigenvalue weighted by Gasteiger charge is 2.15. The Kier molecular flexibility index (Phi) is 9.86. The molecule has 0 aliphatic heterocycles. The average molecular weight is 356 g/mol. The van der Waals surface area contributed by atoms with Gasteiger partial charge in [0, 0.05) is 11.3 Å². The first-order chi connectivity index (χ1) is 11.5. The predicted molar refractivity (Wildman–Crippen MR) is 96.0 cm³/mol. The zero-order valence-corrected chi connectivity index (χ0v) is 14.9. The standard InChI is InChI=1S/C18H28O5S/c1-2-3-4-6-16(21)18-13(11-12-24-18)9-10-15(20)14(19)7-5-8-17(22)23/h9-12,14-16,19-21H,2-8H2,1H3,(H,22,23)/b10-9+. The van der Waals surface area contributed by atoms with Crippen molar-refractivity contribution in [2.24, 2.45) is 0 Å². The van der Waals surface area contributed by atoms with Crippen LogP contribution in [0.2, 0.25) is 0 Å². The zero-order valence-electron chi connectivity index (χ0n) is 14.1. The van der Waals surface area contributed by atoms with Crippen molar-refractivity contribution >= 4 is 23.4 Å². The molecule has 1 heterocycles. The molecular weight excluding hydrogens is 328 g/mol. The third-order valence-electron chi connectivity index (χ3n) is 3.87. The number of thiophene rings is 1. The highest BCUT2D eigenvalue weighted by Crippen LogP contribution is 2.29. The number of hydrogen-bond donors (Lipinski definition) is 4. The quantitative estimate of drug-likeness (QED) is 0.431. The smallest absolute Gasteiger partial charge is 0.303 e. The molecule has 0 bridgehead atoms. The normalized spacial score (nSPS) is 15.5. The van der Waals surface area contributed by atoms with E-state index in [-0.39, 0.29) is 12.8 Å². The molecule has 0 aliphatic rings. The van der Waals surface area contributed by atoms with Gasteiger partial charge in [0.2, 0.25) is 0 Å². The van der Waals surface area contributed by atoms with Crippen LogP contribution in [0.3, 0.4) is 0 Å². The van der Waals surface area contributed by atoms with E-state index in [0.29, 0.717) is 6.42 Å². The Morgan fingerprint density at radius 3 is 2.62 bits per heavy atom. The van der Waals surface area contributed by atoms with E-state index in [1.165, 1.54) is 17.4 Å². The Morgan fingerprint density at radius 2 is 1.96 bits per heavy atom. The molecule has 24 heavy (non-hydrogen) atoms. The Hall–Kier alpha value is -1.21. The monoisotopic (exact) mass is 356 g/mol. The fourth-order valence-electron chi connectivity index (χ4n) is 2.42. The second kappa shape index (κ2) is 11.4. The third kappa shape index (κ3) is 7.57. The lowest BCUT2D eigenvalue weighted by molar-refractivity contribution is -0.137.